The van der Waals surface area contributed by atoms with E-state index in [1.54, 1.807) is 0 Å². The number of likely N-dealkylation sites (N-methyl/N-ethyl adjacent to an activating group) is 1. The number of unbranched alkanes of at least 4 members (excludes halogenated alkanes) is 14. The Morgan fingerprint density at radius 2 is 0.614 bits per heavy atom. The lowest BCUT2D eigenvalue weighted by atomic mass is 10.0. The first kappa shape index (κ1) is 82.8. The number of rotatable bonds is 60. The van der Waals surface area contributed by atoms with Crippen LogP contribution in [0.4, 0.5) is 0 Å². The zero-order valence-corrected chi connectivity index (χ0v) is 57.0. The van der Waals surface area contributed by atoms with E-state index in [1.165, 1.54) is 44.9 Å². The SMILES string of the molecule is CC/C=C\C/C=C\C/C=C\C/C=C\C/C=C\C/C=C\C/C=C\C/C=C\C/C=C\C/C=C\C/C=C\CCCCCC(=O)OC(COC(=O)CCCCCCCCCCCCC/C=C\C/C=C\C/C=C\C/C=C\C/C=C\CC)COP(=O)(O)OCC[N+](C)(C)C. The molecule has 0 aliphatic carbocycles. The van der Waals surface area contributed by atoms with Crippen LogP contribution in [-0.2, 0) is 32.7 Å². The molecule has 10 heteroatoms. The normalized spacial score (nSPS) is 14.4. The molecular formula is C78H125NO8P+. The number of hydrogen-bond acceptors (Lipinski definition) is 7. The zero-order chi connectivity index (χ0) is 64.1. The number of allylic oxidation sites excluding steroid dienone is 32. The van der Waals surface area contributed by atoms with Gasteiger partial charge in [-0.1, -0.05) is 272 Å². The largest absolute Gasteiger partial charge is 0.472 e. The van der Waals surface area contributed by atoms with Gasteiger partial charge in [0.2, 0.25) is 0 Å². The summed E-state index contributed by atoms with van der Waals surface area (Å²) in [4.78, 5) is 35.8. The summed E-state index contributed by atoms with van der Waals surface area (Å²) in [7, 11) is 1.42. The minimum absolute atomic E-state index is 0.0134. The van der Waals surface area contributed by atoms with Gasteiger partial charge in [0.25, 0.3) is 0 Å². The predicted molar refractivity (Wildman–Crippen MR) is 380 cm³/mol. The van der Waals surface area contributed by atoms with Gasteiger partial charge in [-0.15, -0.1) is 0 Å². The number of nitrogens with zero attached hydrogens (tertiary/aromatic N) is 1. The standard InChI is InChI=1S/C78H124NO8P/c1-6-8-10-12-14-16-18-20-22-24-26-28-30-32-34-35-36-37-38-39-40-41-42-43-45-47-49-51-53-55-57-59-61-63-65-67-69-71-78(81)87-76(75-86-88(82,83)85-73-72-79(3,4)5)74-84-77(80)70-68-66-64-62-60-58-56-54-52-50-48-46-44-33-31-29-27-25-23-21-19-17-15-13-11-9-7-2/h8-11,14-17,20-23,26-29,32-34,36-37,39-40,42-44,47,49,53,55,59,61,76H,6-7,12-13,18-19,24-25,30-31,35,38,41,45-46,48,50-52,54,56-58,60,62-75H2,1-5H3/p+1/b10-8-,11-9-,16-14-,17-15-,22-20-,23-21-,28-26-,29-27-,34-32-,37-36-,40-39-,43-42-,44-33-,49-47-,55-53-,61-59-. The van der Waals surface area contributed by atoms with E-state index in [9.17, 15) is 19.0 Å². The molecule has 2 unspecified atom stereocenters. The fourth-order valence-electron chi connectivity index (χ4n) is 8.46. The summed E-state index contributed by atoms with van der Waals surface area (Å²) >= 11 is 0. The van der Waals surface area contributed by atoms with Crippen LogP contribution >= 0.6 is 7.82 Å². The second-order valence-corrected chi connectivity index (χ2v) is 24.5. The smallest absolute Gasteiger partial charge is 0.462 e. The van der Waals surface area contributed by atoms with Crippen molar-refractivity contribution in [2.45, 2.75) is 238 Å². The first-order chi connectivity index (χ1) is 43.0. The Hall–Kier alpha value is -5.15. The topological polar surface area (TPSA) is 108 Å². The highest BCUT2D eigenvalue weighted by Crippen LogP contribution is 2.43. The lowest BCUT2D eigenvalue weighted by molar-refractivity contribution is -0.870. The van der Waals surface area contributed by atoms with Crippen LogP contribution < -0.4 is 0 Å². The molecule has 494 valence electrons. The number of carbonyl (C=O) groups is 2. The first-order valence-corrected chi connectivity index (χ1v) is 35.7. The van der Waals surface area contributed by atoms with Gasteiger partial charge in [-0.3, -0.25) is 18.6 Å². The van der Waals surface area contributed by atoms with Crippen molar-refractivity contribution in [3.63, 3.8) is 0 Å². The summed E-state index contributed by atoms with van der Waals surface area (Å²) in [6.07, 6.45) is 104. The maximum absolute atomic E-state index is 12.9. The molecule has 0 saturated heterocycles. The van der Waals surface area contributed by atoms with Gasteiger partial charge in [-0.05, 0) is 141 Å². The number of quaternary nitrogens is 1. The average molecular weight is 1240 g/mol. The second-order valence-electron chi connectivity index (χ2n) is 23.1. The molecule has 0 fully saturated rings. The van der Waals surface area contributed by atoms with E-state index < -0.39 is 26.5 Å². The van der Waals surface area contributed by atoms with Crippen molar-refractivity contribution in [1.29, 1.82) is 0 Å². The van der Waals surface area contributed by atoms with Gasteiger partial charge >= 0.3 is 19.8 Å². The fraction of sp³-hybridized carbons (Fsp3) is 0.564. The number of esters is 2. The number of phosphoric ester groups is 1. The van der Waals surface area contributed by atoms with E-state index in [1.807, 2.05) is 21.1 Å². The van der Waals surface area contributed by atoms with E-state index in [-0.39, 0.29) is 32.0 Å². The molecule has 0 aliphatic rings. The van der Waals surface area contributed by atoms with E-state index in [0.717, 1.165) is 154 Å². The molecule has 0 amide bonds. The Labute approximate surface area is 539 Å². The minimum Gasteiger partial charge on any atom is -0.462 e. The Balaban J connectivity index is 4.23. The van der Waals surface area contributed by atoms with E-state index >= 15 is 0 Å². The van der Waals surface area contributed by atoms with Gasteiger partial charge < -0.3 is 18.9 Å². The maximum Gasteiger partial charge on any atom is 0.472 e. The molecule has 0 aromatic heterocycles. The Morgan fingerprint density at radius 1 is 0.352 bits per heavy atom. The Kier molecular flexibility index (Phi) is 62.4. The second kappa shape index (κ2) is 66.3. The van der Waals surface area contributed by atoms with Crippen LogP contribution in [0.15, 0.2) is 194 Å². The molecule has 0 aromatic rings. The molecule has 0 spiro atoms. The summed E-state index contributed by atoms with van der Waals surface area (Å²) in [6, 6.07) is 0. The first-order valence-electron chi connectivity index (χ1n) is 34.2. The molecule has 2 atom stereocenters. The highest BCUT2D eigenvalue weighted by molar-refractivity contribution is 7.47. The van der Waals surface area contributed by atoms with Crippen molar-refractivity contribution in [2.24, 2.45) is 0 Å². The molecule has 88 heavy (non-hydrogen) atoms. The van der Waals surface area contributed by atoms with Gasteiger partial charge in [-0.25, -0.2) is 4.57 Å². The third-order valence-corrected chi connectivity index (χ3v) is 14.6. The third-order valence-electron chi connectivity index (χ3n) is 13.6. The molecule has 0 aromatic carbocycles. The summed E-state index contributed by atoms with van der Waals surface area (Å²) in [6.45, 7) is 4.14. The van der Waals surface area contributed by atoms with Gasteiger partial charge in [0.05, 0.1) is 27.7 Å². The summed E-state index contributed by atoms with van der Waals surface area (Å²) in [5, 5.41) is 0. The average Bonchev–Trinajstić information content (AvgIpc) is 3.68. The monoisotopic (exact) mass is 1230 g/mol. The molecule has 0 bridgehead atoms. The molecule has 0 heterocycles. The molecule has 0 radical (unpaired) electrons. The van der Waals surface area contributed by atoms with Crippen LogP contribution in [0.2, 0.25) is 0 Å². The zero-order valence-electron chi connectivity index (χ0n) is 56.1. The van der Waals surface area contributed by atoms with Crippen molar-refractivity contribution < 1.29 is 42.1 Å². The molecule has 1 N–H and O–H groups in total. The van der Waals surface area contributed by atoms with Gasteiger partial charge in [0.15, 0.2) is 6.10 Å². The summed E-state index contributed by atoms with van der Waals surface area (Å²) in [5.41, 5.74) is 0. The van der Waals surface area contributed by atoms with Crippen LogP contribution in [0.5, 0.6) is 0 Å². The quantitative estimate of drug-likeness (QED) is 0.0211. The third kappa shape index (κ3) is 69.9. The lowest BCUT2D eigenvalue weighted by Gasteiger charge is -2.24. The van der Waals surface area contributed by atoms with Crippen molar-refractivity contribution in [1.82, 2.24) is 0 Å². The summed E-state index contributed by atoms with van der Waals surface area (Å²) < 4.78 is 34.6. The number of phosphoric acid groups is 1. The van der Waals surface area contributed by atoms with E-state index in [2.05, 4.69) is 208 Å². The molecule has 0 rings (SSSR count). The Morgan fingerprint density at radius 3 is 0.920 bits per heavy atom. The van der Waals surface area contributed by atoms with Crippen LogP contribution in [0.25, 0.3) is 0 Å². The van der Waals surface area contributed by atoms with Crippen molar-refractivity contribution >= 4 is 19.8 Å². The van der Waals surface area contributed by atoms with Crippen LogP contribution in [-0.4, -0.2) is 74.9 Å². The summed E-state index contributed by atoms with van der Waals surface area (Å²) in [5.74, 6) is -0.854. The van der Waals surface area contributed by atoms with Crippen LogP contribution in [0.3, 0.4) is 0 Å². The molecule has 0 saturated carbocycles. The van der Waals surface area contributed by atoms with Crippen LogP contribution in [0, 0.1) is 0 Å². The van der Waals surface area contributed by atoms with Crippen LogP contribution in [0.1, 0.15) is 232 Å². The predicted octanol–water partition coefficient (Wildman–Crippen LogP) is 22.5. The molecular weight excluding hydrogens is 1110 g/mol. The minimum atomic E-state index is -4.42. The molecule has 9 nitrogen and oxygen atoms in total. The lowest BCUT2D eigenvalue weighted by Crippen LogP contribution is -2.37. The van der Waals surface area contributed by atoms with Gasteiger partial charge in [0, 0.05) is 12.8 Å². The van der Waals surface area contributed by atoms with Gasteiger partial charge in [-0.2, -0.15) is 0 Å². The highest BCUT2D eigenvalue weighted by atomic mass is 31.2. The van der Waals surface area contributed by atoms with Gasteiger partial charge in [0.1, 0.15) is 19.8 Å². The fourth-order valence-corrected chi connectivity index (χ4v) is 9.20. The Bertz CT molecular complexity index is 2190. The highest BCUT2D eigenvalue weighted by Gasteiger charge is 2.27. The van der Waals surface area contributed by atoms with Crippen molar-refractivity contribution in [2.75, 3.05) is 47.5 Å². The van der Waals surface area contributed by atoms with E-state index in [0.29, 0.717) is 17.4 Å². The van der Waals surface area contributed by atoms with Crippen molar-refractivity contribution in [3.8, 4) is 0 Å². The molecule has 0 aliphatic heterocycles. The maximum atomic E-state index is 12.9. The number of ether oxygens (including phenoxy) is 2. The number of hydrogen-bond donors (Lipinski definition) is 1. The van der Waals surface area contributed by atoms with Crippen molar-refractivity contribution in [3.05, 3.63) is 194 Å². The number of carbonyl (C=O) groups excluding carboxylic acids is 2. The van der Waals surface area contributed by atoms with E-state index in [4.69, 9.17) is 18.5 Å².